The van der Waals surface area contributed by atoms with E-state index in [9.17, 15) is 10.2 Å². The number of rotatable bonds is 4. The Morgan fingerprint density at radius 2 is 1.33 bits per heavy atom. The Labute approximate surface area is 161 Å². The number of phenolic OH excluding ortho intramolecular Hbond substituents is 2. The van der Waals surface area contributed by atoms with Gasteiger partial charge in [0, 0.05) is 5.41 Å². The molecule has 0 saturated heterocycles. The quantitative estimate of drug-likeness (QED) is 0.772. The Kier molecular flexibility index (Phi) is 5.02. The fourth-order valence-corrected chi connectivity index (χ4v) is 5.13. The minimum atomic E-state index is -0.247. The molecule has 146 valence electrons. The standard InChI is InChI=1S/C23H30O4/c1-15-12-22(2,3)14-23(13-15,16-6-8-18(24)20(10-16)26-4)17-7-9-19(25)21(11-17)27-5/h6-11,15,24-25H,12-14H2,1-5H3. The smallest absolute Gasteiger partial charge is 0.160 e. The third kappa shape index (κ3) is 3.58. The molecule has 1 unspecified atom stereocenters. The highest BCUT2D eigenvalue weighted by molar-refractivity contribution is 5.52. The molecule has 1 fully saturated rings. The van der Waals surface area contributed by atoms with E-state index in [2.05, 4.69) is 20.8 Å². The first-order valence-corrected chi connectivity index (χ1v) is 9.46. The molecule has 1 aliphatic rings. The fourth-order valence-electron chi connectivity index (χ4n) is 5.13. The van der Waals surface area contributed by atoms with Gasteiger partial charge in [-0.3, -0.25) is 0 Å². The van der Waals surface area contributed by atoms with Crippen LogP contribution in [0.4, 0.5) is 0 Å². The van der Waals surface area contributed by atoms with Crippen molar-refractivity contribution in [1.82, 2.24) is 0 Å². The molecule has 0 amide bonds. The Hall–Kier alpha value is -2.36. The lowest BCUT2D eigenvalue weighted by atomic mass is 9.55. The SMILES string of the molecule is COc1cc(C2(c3ccc(O)c(OC)c3)CC(C)CC(C)(C)C2)ccc1O. The molecule has 3 rings (SSSR count). The van der Waals surface area contributed by atoms with E-state index in [0.717, 1.165) is 24.0 Å². The summed E-state index contributed by atoms with van der Waals surface area (Å²) in [5, 5.41) is 20.2. The summed E-state index contributed by atoms with van der Waals surface area (Å²) in [5.41, 5.74) is 2.14. The molecule has 1 atom stereocenters. The van der Waals surface area contributed by atoms with Crippen molar-refractivity contribution in [2.75, 3.05) is 14.2 Å². The second-order valence-corrected chi connectivity index (χ2v) is 8.71. The summed E-state index contributed by atoms with van der Waals surface area (Å²) in [6.07, 6.45) is 3.11. The van der Waals surface area contributed by atoms with E-state index >= 15 is 0 Å². The third-order valence-corrected chi connectivity index (χ3v) is 5.84. The monoisotopic (exact) mass is 370 g/mol. The minimum absolute atomic E-state index is 0.141. The van der Waals surface area contributed by atoms with Gasteiger partial charge in [-0.1, -0.05) is 32.9 Å². The topological polar surface area (TPSA) is 58.9 Å². The summed E-state index contributed by atoms with van der Waals surface area (Å²) >= 11 is 0. The number of hydrogen-bond donors (Lipinski definition) is 2. The Balaban J connectivity index is 2.24. The first-order valence-electron chi connectivity index (χ1n) is 9.46. The largest absolute Gasteiger partial charge is 0.504 e. The van der Waals surface area contributed by atoms with Crippen LogP contribution in [0.5, 0.6) is 23.0 Å². The maximum Gasteiger partial charge on any atom is 0.160 e. The average Bonchev–Trinajstić information content (AvgIpc) is 2.60. The molecule has 2 aromatic rings. The molecule has 2 aromatic carbocycles. The highest BCUT2D eigenvalue weighted by Crippen LogP contribution is 2.55. The van der Waals surface area contributed by atoms with E-state index in [4.69, 9.17) is 9.47 Å². The van der Waals surface area contributed by atoms with Gasteiger partial charge in [-0.25, -0.2) is 0 Å². The lowest BCUT2D eigenvalue weighted by Gasteiger charge is -2.48. The highest BCUT2D eigenvalue weighted by atomic mass is 16.5. The van der Waals surface area contributed by atoms with Crippen molar-refractivity contribution in [3.05, 3.63) is 47.5 Å². The van der Waals surface area contributed by atoms with Crippen LogP contribution in [0.1, 0.15) is 51.2 Å². The molecule has 0 spiro atoms. The van der Waals surface area contributed by atoms with Gasteiger partial charge >= 0.3 is 0 Å². The average molecular weight is 370 g/mol. The molecule has 27 heavy (non-hydrogen) atoms. The van der Waals surface area contributed by atoms with Gasteiger partial charge in [0.1, 0.15) is 0 Å². The molecule has 1 aliphatic carbocycles. The van der Waals surface area contributed by atoms with Gasteiger partial charge in [0.05, 0.1) is 14.2 Å². The van der Waals surface area contributed by atoms with Crippen molar-refractivity contribution in [3.8, 4) is 23.0 Å². The van der Waals surface area contributed by atoms with Gasteiger partial charge in [-0.05, 0) is 66.0 Å². The maximum absolute atomic E-state index is 10.1. The number of phenols is 2. The van der Waals surface area contributed by atoms with Gasteiger partial charge in [0.15, 0.2) is 23.0 Å². The van der Waals surface area contributed by atoms with Gasteiger partial charge in [-0.15, -0.1) is 0 Å². The van der Waals surface area contributed by atoms with Crippen LogP contribution in [0.3, 0.4) is 0 Å². The summed E-state index contributed by atoms with van der Waals surface area (Å²) < 4.78 is 10.8. The second-order valence-electron chi connectivity index (χ2n) is 8.71. The van der Waals surface area contributed by atoms with Crippen molar-refractivity contribution < 1.29 is 19.7 Å². The van der Waals surface area contributed by atoms with E-state index in [1.807, 2.05) is 24.3 Å². The van der Waals surface area contributed by atoms with Gasteiger partial charge < -0.3 is 19.7 Å². The number of hydrogen-bond acceptors (Lipinski definition) is 4. The second kappa shape index (κ2) is 6.99. The molecule has 4 heteroatoms. The zero-order valence-electron chi connectivity index (χ0n) is 16.9. The molecule has 0 radical (unpaired) electrons. The molecule has 1 saturated carbocycles. The van der Waals surface area contributed by atoms with Gasteiger partial charge in [-0.2, -0.15) is 0 Å². The van der Waals surface area contributed by atoms with Gasteiger partial charge in [0.25, 0.3) is 0 Å². The zero-order chi connectivity index (χ0) is 19.8. The first kappa shape index (κ1) is 19.4. The zero-order valence-corrected chi connectivity index (χ0v) is 16.9. The van der Waals surface area contributed by atoms with Crippen LogP contribution in [-0.2, 0) is 5.41 Å². The predicted molar refractivity (Wildman–Crippen MR) is 107 cm³/mol. The van der Waals surface area contributed by atoms with E-state index in [1.54, 1.807) is 26.4 Å². The number of aromatic hydroxyl groups is 2. The molecular weight excluding hydrogens is 340 g/mol. The predicted octanol–water partition coefficient (Wildman–Crippen LogP) is 5.25. The molecular formula is C23H30O4. The summed E-state index contributed by atoms with van der Waals surface area (Å²) in [5.74, 6) is 1.78. The maximum atomic E-state index is 10.1. The van der Waals surface area contributed by atoms with E-state index < -0.39 is 0 Å². The Bertz CT molecular complexity index is 772. The number of methoxy groups -OCH3 is 2. The summed E-state index contributed by atoms with van der Waals surface area (Å²) in [6.45, 7) is 6.92. The van der Waals surface area contributed by atoms with Crippen molar-refractivity contribution >= 4 is 0 Å². The van der Waals surface area contributed by atoms with Crippen molar-refractivity contribution in [2.24, 2.45) is 11.3 Å². The summed E-state index contributed by atoms with van der Waals surface area (Å²) in [6, 6.07) is 11.3. The van der Waals surface area contributed by atoms with Crippen molar-refractivity contribution in [3.63, 3.8) is 0 Å². The van der Waals surface area contributed by atoms with E-state index in [-0.39, 0.29) is 22.3 Å². The highest BCUT2D eigenvalue weighted by Gasteiger charge is 2.45. The Morgan fingerprint density at radius 1 is 0.852 bits per heavy atom. The van der Waals surface area contributed by atoms with Crippen molar-refractivity contribution in [2.45, 2.75) is 45.4 Å². The molecule has 0 aromatic heterocycles. The molecule has 2 N–H and O–H groups in total. The summed E-state index contributed by atoms with van der Waals surface area (Å²) in [4.78, 5) is 0. The first-order chi connectivity index (χ1) is 12.7. The normalized spacial score (nSPS) is 20.9. The van der Waals surface area contributed by atoms with E-state index in [0.29, 0.717) is 17.4 Å². The minimum Gasteiger partial charge on any atom is -0.504 e. The van der Waals surface area contributed by atoms with Crippen LogP contribution < -0.4 is 9.47 Å². The third-order valence-electron chi connectivity index (χ3n) is 5.84. The lowest BCUT2D eigenvalue weighted by molar-refractivity contribution is 0.126. The fraction of sp³-hybridized carbons (Fsp3) is 0.478. The van der Waals surface area contributed by atoms with Crippen LogP contribution in [0.2, 0.25) is 0 Å². The Morgan fingerprint density at radius 3 is 1.74 bits per heavy atom. The lowest BCUT2D eigenvalue weighted by Crippen LogP contribution is -2.41. The van der Waals surface area contributed by atoms with Crippen molar-refractivity contribution in [1.29, 1.82) is 0 Å². The van der Waals surface area contributed by atoms with Crippen LogP contribution >= 0.6 is 0 Å². The number of ether oxygens (including phenoxy) is 2. The summed E-state index contributed by atoms with van der Waals surface area (Å²) in [7, 11) is 3.14. The van der Waals surface area contributed by atoms with Gasteiger partial charge in [0.2, 0.25) is 0 Å². The molecule has 4 nitrogen and oxygen atoms in total. The molecule has 0 bridgehead atoms. The van der Waals surface area contributed by atoms with Crippen LogP contribution in [0.25, 0.3) is 0 Å². The van der Waals surface area contributed by atoms with Crippen LogP contribution in [-0.4, -0.2) is 24.4 Å². The van der Waals surface area contributed by atoms with Crippen LogP contribution in [0.15, 0.2) is 36.4 Å². The number of benzene rings is 2. The molecule has 0 heterocycles. The van der Waals surface area contributed by atoms with Crippen LogP contribution in [0, 0.1) is 11.3 Å². The molecule has 0 aliphatic heterocycles. The van der Waals surface area contributed by atoms with E-state index in [1.165, 1.54) is 6.42 Å².